The first-order chi connectivity index (χ1) is 12.2. The van der Waals surface area contributed by atoms with E-state index in [0.29, 0.717) is 17.2 Å². The number of nitrogens with one attached hydrogen (secondary N) is 1. The lowest BCUT2D eigenvalue weighted by atomic mass is 10.2. The average Bonchev–Trinajstić information content (AvgIpc) is 3.11. The van der Waals surface area contributed by atoms with Gasteiger partial charge in [-0.3, -0.25) is 4.79 Å². The molecule has 0 bridgehead atoms. The molecular weight excluding hydrogens is 339 g/mol. The van der Waals surface area contributed by atoms with Crippen LogP contribution in [0.4, 0.5) is 4.39 Å². The number of carbonyl (C=O) groups is 1. The van der Waals surface area contributed by atoms with E-state index >= 15 is 0 Å². The van der Waals surface area contributed by atoms with Gasteiger partial charge in [-0.05, 0) is 18.2 Å². The van der Waals surface area contributed by atoms with Gasteiger partial charge in [0.05, 0.1) is 11.4 Å². The Morgan fingerprint density at radius 2 is 1.88 bits per heavy atom. The summed E-state index contributed by atoms with van der Waals surface area (Å²) in [6.45, 7) is 0.189. The summed E-state index contributed by atoms with van der Waals surface area (Å²) >= 11 is 1.43. The van der Waals surface area contributed by atoms with Crippen LogP contribution in [0.5, 0.6) is 0 Å². The molecule has 0 aliphatic rings. The van der Waals surface area contributed by atoms with Gasteiger partial charge in [-0.15, -0.1) is 11.8 Å². The van der Waals surface area contributed by atoms with Gasteiger partial charge in [-0.2, -0.15) is 0 Å². The highest BCUT2D eigenvalue weighted by Crippen LogP contribution is 2.20. The lowest BCUT2D eigenvalue weighted by Crippen LogP contribution is -2.25. The third-order valence-electron chi connectivity index (χ3n) is 3.49. The van der Waals surface area contributed by atoms with Gasteiger partial charge in [-0.25, -0.2) is 9.37 Å². The highest BCUT2D eigenvalue weighted by molar-refractivity contribution is 7.99. The molecule has 0 spiro atoms. The molecule has 0 unspecified atom stereocenters. The van der Waals surface area contributed by atoms with Crippen LogP contribution < -0.4 is 5.32 Å². The number of rotatable bonds is 7. The van der Waals surface area contributed by atoms with E-state index in [0.717, 1.165) is 11.3 Å². The second-order valence-electron chi connectivity index (χ2n) is 5.37. The quantitative estimate of drug-likeness (QED) is 0.694. The summed E-state index contributed by atoms with van der Waals surface area (Å²) in [5, 5.41) is 2.71. The molecule has 1 amide bonds. The molecule has 128 valence electrons. The number of thioether (sulfide) groups is 1. The number of oxazole rings is 1. The molecule has 6 heteroatoms. The number of nitrogens with zero attached hydrogens (tertiary/aromatic N) is 1. The van der Waals surface area contributed by atoms with E-state index in [1.165, 1.54) is 17.8 Å². The monoisotopic (exact) mass is 356 g/mol. The topological polar surface area (TPSA) is 55.1 Å². The first-order valence-electron chi connectivity index (χ1n) is 7.80. The van der Waals surface area contributed by atoms with Gasteiger partial charge in [0.15, 0.2) is 0 Å². The molecule has 0 atom stereocenters. The van der Waals surface area contributed by atoms with Crippen molar-refractivity contribution in [1.82, 2.24) is 10.3 Å². The van der Waals surface area contributed by atoms with Gasteiger partial charge in [0, 0.05) is 23.4 Å². The van der Waals surface area contributed by atoms with E-state index in [2.05, 4.69) is 10.3 Å². The molecule has 1 N–H and O–H groups in total. The zero-order valence-electron chi connectivity index (χ0n) is 13.4. The van der Waals surface area contributed by atoms with Crippen LogP contribution in [0.25, 0.3) is 11.5 Å². The number of hydrogen-bond donors (Lipinski definition) is 1. The fourth-order valence-electron chi connectivity index (χ4n) is 2.22. The summed E-state index contributed by atoms with van der Waals surface area (Å²) in [7, 11) is 0. The molecule has 0 saturated carbocycles. The van der Waals surface area contributed by atoms with Crippen LogP contribution >= 0.6 is 11.8 Å². The summed E-state index contributed by atoms with van der Waals surface area (Å²) in [5.41, 5.74) is 2.18. The third kappa shape index (κ3) is 4.93. The molecular formula is C19H17FN2O2S. The predicted octanol–water partition coefficient (Wildman–Crippen LogP) is 4.03. The van der Waals surface area contributed by atoms with Gasteiger partial charge in [0.25, 0.3) is 0 Å². The number of amides is 1. The number of aromatic nitrogens is 1. The molecule has 0 saturated heterocycles. The van der Waals surface area contributed by atoms with Crippen LogP contribution in [-0.2, 0) is 17.1 Å². The van der Waals surface area contributed by atoms with Gasteiger partial charge < -0.3 is 9.73 Å². The zero-order chi connectivity index (χ0) is 17.5. The molecule has 1 heterocycles. The smallest absolute Gasteiger partial charge is 0.230 e. The van der Waals surface area contributed by atoms with Crippen LogP contribution in [0.3, 0.4) is 0 Å². The molecule has 4 nitrogen and oxygen atoms in total. The maximum Gasteiger partial charge on any atom is 0.230 e. The maximum absolute atomic E-state index is 13.5. The van der Waals surface area contributed by atoms with Crippen molar-refractivity contribution in [2.75, 3.05) is 5.75 Å². The predicted molar refractivity (Wildman–Crippen MR) is 96.3 cm³/mol. The summed E-state index contributed by atoms with van der Waals surface area (Å²) in [6, 6.07) is 16.0. The first kappa shape index (κ1) is 17.2. The van der Waals surface area contributed by atoms with Crippen LogP contribution in [0.2, 0.25) is 0 Å². The highest BCUT2D eigenvalue weighted by atomic mass is 32.2. The molecule has 0 fully saturated rings. The third-order valence-corrected chi connectivity index (χ3v) is 4.46. The normalized spacial score (nSPS) is 10.6. The minimum Gasteiger partial charge on any atom is -0.444 e. The van der Waals surface area contributed by atoms with Crippen molar-refractivity contribution < 1.29 is 13.6 Å². The SMILES string of the molecule is O=C(CSCc1coc(-c2ccccc2)n1)NCc1ccccc1F. The van der Waals surface area contributed by atoms with Crippen molar-refractivity contribution in [3.8, 4) is 11.5 Å². The van der Waals surface area contributed by atoms with E-state index in [1.54, 1.807) is 24.5 Å². The molecule has 3 rings (SSSR count). The van der Waals surface area contributed by atoms with E-state index in [4.69, 9.17) is 4.42 Å². The molecule has 2 aromatic carbocycles. The first-order valence-corrected chi connectivity index (χ1v) is 8.95. The fraction of sp³-hybridized carbons (Fsp3) is 0.158. The lowest BCUT2D eigenvalue weighted by Gasteiger charge is -2.05. The standard InChI is InChI=1S/C19H17FN2O2S/c20-17-9-5-4-8-15(17)10-21-18(23)13-25-12-16-11-24-19(22-16)14-6-2-1-3-7-14/h1-9,11H,10,12-13H2,(H,21,23). The van der Waals surface area contributed by atoms with Crippen molar-refractivity contribution in [2.24, 2.45) is 0 Å². The van der Waals surface area contributed by atoms with Crippen LogP contribution in [0, 0.1) is 5.82 Å². The van der Waals surface area contributed by atoms with Crippen molar-refractivity contribution >= 4 is 17.7 Å². The largest absolute Gasteiger partial charge is 0.444 e. The van der Waals surface area contributed by atoms with Gasteiger partial charge in [0.2, 0.25) is 11.8 Å². The lowest BCUT2D eigenvalue weighted by molar-refractivity contribution is -0.118. The van der Waals surface area contributed by atoms with E-state index in [1.807, 2.05) is 30.3 Å². The number of benzene rings is 2. The van der Waals surface area contributed by atoms with Crippen molar-refractivity contribution in [1.29, 1.82) is 0 Å². The minimum absolute atomic E-state index is 0.139. The summed E-state index contributed by atoms with van der Waals surface area (Å²) in [4.78, 5) is 16.3. The van der Waals surface area contributed by atoms with Crippen LogP contribution in [-0.4, -0.2) is 16.6 Å². The second kappa shape index (κ2) is 8.48. The Kier molecular flexibility index (Phi) is 5.85. The Morgan fingerprint density at radius 1 is 1.12 bits per heavy atom. The number of carbonyl (C=O) groups excluding carboxylic acids is 1. The zero-order valence-corrected chi connectivity index (χ0v) is 14.3. The molecule has 0 aliphatic heterocycles. The Labute approximate surface area is 149 Å². The van der Waals surface area contributed by atoms with Crippen molar-refractivity contribution in [2.45, 2.75) is 12.3 Å². The van der Waals surface area contributed by atoms with Gasteiger partial charge in [-0.1, -0.05) is 36.4 Å². The Balaban J connectivity index is 1.43. The average molecular weight is 356 g/mol. The van der Waals surface area contributed by atoms with Gasteiger partial charge in [0.1, 0.15) is 12.1 Å². The van der Waals surface area contributed by atoms with Gasteiger partial charge >= 0.3 is 0 Å². The molecule has 1 aromatic heterocycles. The van der Waals surface area contributed by atoms with E-state index in [-0.39, 0.29) is 24.0 Å². The number of hydrogen-bond acceptors (Lipinski definition) is 4. The summed E-state index contributed by atoms with van der Waals surface area (Å²) < 4.78 is 18.9. The molecule has 0 radical (unpaired) electrons. The van der Waals surface area contributed by atoms with Crippen LogP contribution in [0.15, 0.2) is 65.3 Å². The fourth-order valence-corrected chi connectivity index (χ4v) is 2.95. The summed E-state index contributed by atoms with van der Waals surface area (Å²) in [6.07, 6.45) is 1.60. The van der Waals surface area contributed by atoms with Crippen LogP contribution in [0.1, 0.15) is 11.3 Å². The Hall–Kier alpha value is -2.60. The number of halogens is 1. The molecule has 0 aliphatic carbocycles. The van der Waals surface area contributed by atoms with E-state index in [9.17, 15) is 9.18 Å². The molecule has 25 heavy (non-hydrogen) atoms. The molecule has 3 aromatic rings. The Morgan fingerprint density at radius 3 is 2.68 bits per heavy atom. The second-order valence-corrected chi connectivity index (χ2v) is 6.36. The minimum atomic E-state index is -0.313. The summed E-state index contributed by atoms with van der Waals surface area (Å²) in [5.74, 6) is 0.970. The van der Waals surface area contributed by atoms with Crippen molar-refractivity contribution in [3.63, 3.8) is 0 Å². The van der Waals surface area contributed by atoms with E-state index < -0.39 is 0 Å². The van der Waals surface area contributed by atoms with Crippen molar-refractivity contribution in [3.05, 3.63) is 77.9 Å². The Bertz CT molecular complexity index is 836. The highest BCUT2D eigenvalue weighted by Gasteiger charge is 2.08. The maximum atomic E-state index is 13.5.